The molecule has 0 radical (unpaired) electrons. The van der Waals surface area contributed by atoms with Gasteiger partial charge >= 0.3 is 0 Å². The van der Waals surface area contributed by atoms with Crippen molar-refractivity contribution >= 4 is 27.8 Å². The number of nitrogens with zero attached hydrogens (tertiary/aromatic N) is 4. The standard InChI is InChI=1S/C24H22FN7/c1-4-14(11-16(5-2)28-13(3)15-8-9-15)17-12-27-23-19(20(17)25)21(31-32-23)24-29-18-7-6-10-26-22(18)30-24/h4-7,10-12,15,28H,2-3,8-9H2,1H3,(H,26,29,30)(H,27,31,32)/b14-4+,16-11+. The zero-order chi connectivity index (χ0) is 22.2. The number of aromatic amines is 2. The van der Waals surface area contributed by atoms with Gasteiger partial charge in [-0.2, -0.15) is 5.10 Å². The fourth-order valence-corrected chi connectivity index (χ4v) is 3.64. The van der Waals surface area contributed by atoms with E-state index in [0.29, 0.717) is 34.2 Å². The Morgan fingerprint density at radius 3 is 2.84 bits per heavy atom. The monoisotopic (exact) mass is 427 g/mol. The predicted molar refractivity (Wildman–Crippen MR) is 124 cm³/mol. The zero-order valence-corrected chi connectivity index (χ0v) is 17.6. The first kappa shape index (κ1) is 19.9. The van der Waals surface area contributed by atoms with Gasteiger partial charge in [0.2, 0.25) is 0 Å². The van der Waals surface area contributed by atoms with Crippen LogP contribution in [0.2, 0.25) is 0 Å². The van der Waals surface area contributed by atoms with Crippen LogP contribution in [-0.2, 0) is 0 Å². The second-order valence-electron chi connectivity index (χ2n) is 7.72. The van der Waals surface area contributed by atoms with Crippen LogP contribution in [0.4, 0.5) is 4.39 Å². The van der Waals surface area contributed by atoms with Crippen LogP contribution in [0.1, 0.15) is 25.3 Å². The summed E-state index contributed by atoms with van der Waals surface area (Å²) in [5.74, 6) is 0.515. The van der Waals surface area contributed by atoms with Crippen molar-refractivity contribution in [1.29, 1.82) is 0 Å². The zero-order valence-electron chi connectivity index (χ0n) is 17.6. The highest BCUT2D eigenvalue weighted by molar-refractivity contribution is 5.94. The minimum Gasteiger partial charge on any atom is -0.359 e. The molecule has 3 N–H and O–H groups in total. The molecule has 0 aliphatic heterocycles. The van der Waals surface area contributed by atoms with E-state index >= 15 is 4.39 Å². The summed E-state index contributed by atoms with van der Waals surface area (Å²) < 4.78 is 15.8. The number of halogens is 1. The molecule has 0 saturated heterocycles. The SMILES string of the molecule is C=C/C(=C\C(=C/C)c1cnc2n[nH]c(-c3nc4ncccc4[nH]3)c2c1F)NC(=C)C1CC1. The van der Waals surface area contributed by atoms with Gasteiger partial charge in [-0.1, -0.05) is 19.2 Å². The van der Waals surface area contributed by atoms with Crippen LogP contribution >= 0.6 is 0 Å². The Kier molecular flexibility index (Phi) is 4.89. The lowest BCUT2D eigenvalue weighted by Crippen LogP contribution is -2.12. The number of hydrogen-bond donors (Lipinski definition) is 3. The lowest BCUT2D eigenvalue weighted by molar-refractivity contribution is 0.635. The quantitative estimate of drug-likeness (QED) is 0.360. The first-order valence-corrected chi connectivity index (χ1v) is 10.4. The van der Waals surface area contributed by atoms with Crippen LogP contribution in [0.25, 0.3) is 39.3 Å². The molecular formula is C24H22FN7. The van der Waals surface area contributed by atoms with E-state index in [1.807, 2.05) is 31.2 Å². The van der Waals surface area contributed by atoms with Crippen LogP contribution in [0, 0.1) is 11.7 Å². The normalized spacial score (nSPS) is 14.8. The van der Waals surface area contributed by atoms with Crippen molar-refractivity contribution < 1.29 is 4.39 Å². The van der Waals surface area contributed by atoms with E-state index in [2.05, 4.69) is 48.6 Å². The molecule has 0 bridgehead atoms. The van der Waals surface area contributed by atoms with Gasteiger partial charge < -0.3 is 10.3 Å². The second-order valence-corrected chi connectivity index (χ2v) is 7.72. The maximum absolute atomic E-state index is 15.8. The third-order valence-corrected chi connectivity index (χ3v) is 5.54. The molecule has 1 aliphatic carbocycles. The predicted octanol–water partition coefficient (Wildman–Crippen LogP) is 5.02. The summed E-state index contributed by atoms with van der Waals surface area (Å²) in [6.45, 7) is 9.82. The minimum absolute atomic E-state index is 0.268. The second kappa shape index (κ2) is 7.88. The van der Waals surface area contributed by atoms with Gasteiger partial charge in [0.15, 0.2) is 17.1 Å². The number of rotatable bonds is 7. The molecule has 0 aromatic carbocycles. The van der Waals surface area contributed by atoms with Crippen LogP contribution < -0.4 is 5.32 Å². The molecule has 7 nitrogen and oxygen atoms in total. The summed E-state index contributed by atoms with van der Waals surface area (Å²) in [7, 11) is 0. The Labute approximate surface area is 183 Å². The average molecular weight is 427 g/mol. The molecule has 0 spiro atoms. The van der Waals surface area contributed by atoms with E-state index in [1.54, 1.807) is 12.3 Å². The Morgan fingerprint density at radius 2 is 2.12 bits per heavy atom. The molecular weight excluding hydrogens is 405 g/mol. The number of H-pyrrole nitrogens is 2. The molecule has 32 heavy (non-hydrogen) atoms. The Bertz CT molecular complexity index is 1390. The van der Waals surface area contributed by atoms with E-state index in [-0.39, 0.29) is 11.0 Å². The molecule has 8 heteroatoms. The molecule has 1 aliphatic rings. The third kappa shape index (κ3) is 3.49. The average Bonchev–Trinajstić information content (AvgIpc) is 3.42. The van der Waals surface area contributed by atoms with Crippen molar-refractivity contribution in [1.82, 2.24) is 35.5 Å². The van der Waals surface area contributed by atoms with E-state index in [9.17, 15) is 0 Å². The molecule has 160 valence electrons. The molecule has 0 amide bonds. The van der Waals surface area contributed by atoms with Gasteiger partial charge in [0.1, 0.15) is 11.5 Å². The lowest BCUT2D eigenvalue weighted by atomic mass is 10.0. The van der Waals surface area contributed by atoms with Gasteiger partial charge in [0, 0.05) is 29.4 Å². The van der Waals surface area contributed by atoms with E-state index in [4.69, 9.17) is 0 Å². The van der Waals surface area contributed by atoms with Crippen molar-refractivity contribution in [3.8, 4) is 11.5 Å². The number of aromatic nitrogens is 6. The minimum atomic E-state index is -0.430. The maximum atomic E-state index is 15.8. The molecule has 0 atom stereocenters. The molecule has 5 rings (SSSR count). The number of pyridine rings is 2. The van der Waals surface area contributed by atoms with Gasteiger partial charge in [0.05, 0.1) is 10.9 Å². The van der Waals surface area contributed by atoms with E-state index < -0.39 is 5.82 Å². The first-order chi connectivity index (χ1) is 15.6. The van der Waals surface area contributed by atoms with Crippen molar-refractivity contribution in [2.75, 3.05) is 0 Å². The number of hydrogen-bond acceptors (Lipinski definition) is 5. The first-order valence-electron chi connectivity index (χ1n) is 10.4. The fourth-order valence-electron chi connectivity index (χ4n) is 3.64. The summed E-state index contributed by atoms with van der Waals surface area (Å²) in [4.78, 5) is 16.2. The van der Waals surface area contributed by atoms with E-state index in [0.717, 1.165) is 29.8 Å². The molecule has 0 unspecified atom stereocenters. The van der Waals surface area contributed by atoms with Gasteiger partial charge in [-0.05, 0) is 55.5 Å². The van der Waals surface area contributed by atoms with E-state index in [1.165, 1.54) is 6.20 Å². The number of fused-ring (bicyclic) bond motifs is 2. The van der Waals surface area contributed by atoms with Crippen LogP contribution in [0.3, 0.4) is 0 Å². The third-order valence-electron chi connectivity index (χ3n) is 5.54. The van der Waals surface area contributed by atoms with Crippen LogP contribution in [0.5, 0.6) is 0 Å². The topological polar surface area (TPSA) is 95.2 Å². The number of allylic oxidation sites excluding steroid dienone is 5. The summed E-state index contributed by atoms with van der Waals surface area (Å²) in [5.41, 5.74) is 4.73. The molecule has 4 heterocycles. The summed E-state index contributed by atoms with van der Waals surface area (Å²) in [5, 5.41) is 10.6. The van der Waals surface area contributed by atoms with Gasteiger partial charge in [-0.25, -0.2) is 19.3 Å². The highest BCUT2D eigenvalue weighted by Gasteiger charge is 2.25. The Hall–Kier alpha value is -4.07. The molecule has 4 aromatic rings. The largest absolute Gasteiger partial charge is 0.359 e. The smallest absolute Gasteiger partial charge is 0.184 e. The van der Waals surface area contributed by atoms with Crippen molar-refractivity contribution in [3.63, 3.8) is 0 Å². The van der Waals surface area contributed by atoms with Crippen molar-refractivity contribution in [3.05, 3.63) is 78.7 Å². The lowest BCUT2D eigenvalue weighted by Gasteiger charge is -2.11. The molecule has 1 saturated carbocycles. The Balaban J connectivity index is 1.57. The van der Waals surface area contributed by atoms with Gasteiger partial charge in [-0.15, -0.1) is 0 Å². The maximum Gasteiger partial charge on any atom is 0.184 e. The summed E-state index contributed by atoms with van der Waals surface area (Å²) >= 11 is 0. The van der Waals surface area contributed by atoms with Crippen LogP contribution in [-0.4, -0.2) is 30.1 Å². The fraction of sp³-hybridized carbons (Fsp3) is 0.167. The highest BCUT2D eigenvalue weighted by Crippen LogP contribution is 2.35. The molecule has 1 fully saturated rings. The van der Waals surface area contributed by atoms with Crippen LogP contribution in [0.15, 0.2) is 67.3 Å². The highest BCUT2D eigenvalue weighted by atomic mass is 19.1. The van der Waals surface area contributed by atoms with Crippen molar-refractivity contribution in [2.24, 2.45) is 5.92 Å². The van der Waals surface area contributed by atoms with Gasteiger partial charge in [-0.3, -0.25) is 5.10 Å². The number of imidazole rings is 1. The summed E-state index contributed by atoms with van der Waals surface area (Å²) in [6.07, 6.45) is 10.8. The Morgan fingerprint density at radius 1 is 1.28 bits per heavy atom. The number of nitrogens with one attached hydrogen (secondary N) is 3. The van der Waals surface area contributed by atoms with Crippen molar-refractivity contribution in [2.45, 2.75) is 19.8 Å². The van der Waals surface area contributed by atoms with Gasteiger partial charge in [0.25, 0.3) is 0 Å². The molecule has 4 aromatic heterocycles. The summed E-state index contributed by atoms with van der Waals surface area (Å²) in [6, 6.07) is 3.67.